The summed E-state index contributed by atoms with van der Waals surface area (Å²) in [6, 6.07) is 3.35. The van der Waals surface area contributed by atoms with E-state index in [4.69, 9.17) is 23.7 Å². The molecule has 3 fully saturated rings. The molecule has 13 heteroatoms. The average Bonchev–Trinajstić information content (AvgIpc) is 3.67. The number of H-pyrrole nitrogens is 1. The molecule has 0 aromatic carbocycles. The molecule has 1 aromatic rings. The fourth-order valence-corrected chi connectivity index (χ4v) is 8.92. The molecule has 3 N–H and O–H groups in total. The lowest BCUT2D eigenvalue weighted by molar-refractivity contribution is -0.189. The van der Waals surface area contributed by atoms with Gasteiger partial charge in [-0.05, 0) is 49.8 Å². The van der Waals surface area contributed by atoms with Crippen LogP contribution in [-0.4, -0.2) is 113 Å². The predicted octanol–water partition coefficient (Wildman–Crippen LogP) is 1.65. The number of hydrogen-bond acceptors (Lipinski definition) is 11. The van der Waals surface area contributed by atoms with Gasteiger partial charge in [-0.25, -0.2) is 14.4 Å². The lowest BCUT2D eigenvalue weighted by Gasteiger charge is -2.61. The number of aromatic amines is 1. The molecular formula is C35H46N2O11. The number of methoxy groups -OCH3 is 1. The Morgan fingerprint density at radius 2 is 1.88 bits per heavy atom. The van der Waals surface area contributed by atoms with Crippen LogP contribution in [0.15, 0.2) is 42.1 Å². The van der Waals surface area contributed by atoms with E-state index in [0.717, 1.165) is 0 Å². The van der Waals surface area contributed by atoms with Crippen LogP contribution in [0.5, 0.6) is 0 Å². The SMILES string of the molecule is CO[C@H]1C[C@H]2C=CC3C(C4[C@H]3[C@H](OC(=O)c3ccc[nH]3)[C@H](C)[C@H]4O)[C@]2(O)/C(C)=C/[C@@H](C)[C@@H]([C@@H](C)OC(=O)C(=O)N2CCOCC2)OC1=O. The van der Waals surface area contributed by atoms with E-state index in [1.54, 1.807) is 32.2 Å². The fourth-order valence-electron chi connectivity index (χ4n) is 8.92. The molecule has 2 aliphatic heterocycles. The number of aliphatic hydroxyl groups is 2. The maximum atomic E-state index is 13.5. The maximum absolute atomic E-state index is 13.5. The topological polar surface area (TPSA) is 174 Å². The van der Waals surface area contributed by atoms with Crippen LogP contribution in [0.4, 0.5) is 0 Å². The molecule has 13 atom stereocenters. The molecule has 262 valence electrons. The molecule has 1 aromatic heterocycles. The zero-order chi connectivity index (χ0) is 34.5. The second-order valence-corrected chi connectivity index (χ2v) is 14.0. The van der Waals surface area contributed by atoms with Gasteiger partial charge >= 0.3 is 23.8 Å². The molecule has 6 rings (SSSR count). The molecule has 0 bridgehead atoms. The minimum absolute atomic E-state index is 0.0930. The zero-order valence-electron chi connectivity index (χ0n) is 27.9. The van der Waals surface area contributed by atoms with Crippen molar-refractivity contribution in [3.05, 3.63) is 47.8 Å². The van der Waals surface area contributed by atoms with Gasteiger partial charge in [-0.15, -0.1) is 0 Å². The minimum atomic E-state index is -1.49. The highest BCUT2D eigenvalue weighted by Crippen LogP contribution is 2.66. The normalized spacial score (nSPS) is 40.9. The number of aromatic nitrogens is 1. The number of amides is 1. The van der Waals surface area contributed by atoms with Crippen molar-refractivity contribution in [1.29, 1.82) is 0 Å². The standard InChI is InChI=1S/C35H46N2O11/c1-17-15-18(2)35(43)21(8-9-22-25-26(27(22)35)28(38)19(3)30(25)48-32(40)23-7-6-10-36-23)16-24(44-5)33(41)47-29(17)20(4)46-34(42)31(39)37-11-13-45-14-12-37/h6-10,15,17,19-22,24-30,36,38,43H,11-14,16H2,1-5H3/b18-15+/t17-,19-,20-,21-,22?,24+,25+,26?,27?,28-,29+,30-,35+/m1/s1. The quantitative estimate of drug-likeness (QED) is 0.180. The Morgan fingerprint density at radius 1 is 1.15 bits per heavy atom. The first kappa shape index (κ1) is 34.3. The lowest BCUT2D eigenvalue weighted by Crippen LogP contribution is -2.65. The molecule has 3 heterocycles. The predicted molar refractivity (Wildman–Crippen MR) is 168 cm³/mol. The monoisotopic (exact) mass is 670 g/mol. The molecular weight excluding hydrogens is 624 g/mol. The molecule has 1 amide bonds. The van der Waals surface area contributed by atoms with E-state index in [1.807, 2.05) is 32.1 Å². The van der Waals surface area contributed by atoms with Gasteiger partial charge < -0.3 is 43.8 Å². The molecule has 13 nitrogen and oxygen atoms in total. The number of aliphatic hydroxyl groups excluding tert-OH is 1. The Hall–Kier alpha value is -3.52. The summed E-state index contributed by atoms with van der Waals surface area (Å²) in [6.07, 6.45) is 3.02. The molecule has 0 radical (unpaired) electrons. The third-order valence-corrected chi connectivity index (χ3v) is 11.4. The molecule has 48 heavy (non-hydrogen) atoms. The highest BCUT2D eigenvalue weighted by atomic mass is 16.6. The summed E-state index contributed by atoms with van der Waals surface area (Å²) in [5, 5.41) is 24.4. The summed E-state index contributed by atoms with van der Waals surface area (Å²) in [4.78, 5) is 56.3. The second kappa shape index (κ2) is 13.4. The number of cyclic esters (lactones) is 1. The summed E-state index contributed by atoms with van der Waals surface area (Å²) in [5.41, 5.74) is -0.546. The van der Waals surface area contributed by atoms with E-state index in [0.29, 0.717) is 24.5 Å². The first-order chi connectivity index (χ1) is 22.9. The largest absolute Gasteiger partial charge is 0.457 e. The van der Waals surface area contributed by atoms with Gasteiger partial charge in [-0.1, -0.05) is 32.1 Å². The number of esters is 3. The van der Waals surface area contributed by atoms with Crippen LogP contribution in [0.3, 0.4) is 0 Å². The summed E-state index contributed by atoms with van der Waals surface area (Å²) < 4.78 is 28.3. The molecule has 3 unspecified atom stereocenters. The molecule has 5 aliphatic rings. The molecule has 0 spiro atoms. The van der Waals surface area contributed by atoms with Crippen LogP contribution in [0.25, 0.3) is 0 Å². The number of nitrogens with one attached hydrogen (secondary N) is 1. The summed E-state index contributed by atoms with van der Waals surface area (Å²) in [6.45, 7) is 8.23. The third kappa shape index (κ3) is 5.78. The number of carbonyl (C=O) groups excluding carboxylic acids is 4. The Bertz CT molecular complexity index is 1450. The van der Waals surface area contributed by atoms with Crippen molar-refractivity contribution >= 4 is 23.8 Å². The van der Waals surface area contributed by atoms with Gasteiger partial charge in [0.15, 0.2) is 6.10 Å². The van der Waals surface area contributed by atoms with Gasteiger partial charge in [0.25, 0.3) is 0 Å². The van der Waals surface area contributed by atoms with E-state index in [2.05, 4.69) is 4.98 Å². The molecule has 3 aliphatic carbocycles. The van der Waals surface area contributed by atoms with Crippen LogP contribution in [0.2, 0.25) is 0 Å². The number of rotatable bonds is 5. The fraction of sp³-hybridized carbons (Fsp3) is 0.657. The minimum Gasteiger partial charge on any atom is -0.457 e. The highest BCUT2D eigenvalue weighted by Gasteiger charge is 2.71. The Balaban J connectivity index is 1.28. The van der Waals surface area contributed by atoms with Crippen molar-refractivity contribution in [2.24, 2.45) is 41.4 Å². The summed E-state index contributed by atoms with van der Waals surface area (Å²) >= 11 is 0. The maximum Gasteiger partial charge on any atom is 0.397 e. The van der Waals surface area contributed by atoms with Crippen molar-refractivity contribution < 1.29 is 53.1 Å². The number of ether oxygens (including phenoxy) is 5. The first-order valence-electron chi connectivity index (χ1n) is 16.8. The number of fused-ring (bicyclic) bond motifs is 6. The Kier molecular flexibility index (Phi) is 9.60. The van der Waals surface area contributed by atoms with Crippen molar-refractivity contribution in [2.75, 3.05) is 33.4 Å². The van der Waals surface area contributed by atoms with Crippen LogP contribution in [-0.2, 0) is 38.1 Å². The lowest BCUT2D eigenvalue weighted by atomic mass is 9.46. The van der Waals surface area contributed by atoms with E-state index in [9.17, 15) is 29.4 Å². The zero-order valence-corrected chi connectivity index (χ0v) is 27.9. The van der Waals surface area contributed by atoms with Crippen LogP contribution in [0.1, 0.15) is 44.6 Å². The van der Waals surface area contributed by atoms with Gasteiger partial charge in [-0.2, -0.15) is 0 Å². The molecule has 2 saturated carbocycles. The van der Waals surface area contributed by atoms with Crippen molar-refractivity contribution in [1.82, 2.24) is 9.88 Å². The van der Waals surface area contributed by atoms with E-state index in [-0.39, 0.29) is 43.2 Å². The van der Waals surface area contributed by atoms with Gasteiger partial charge in [0.2, 0.25) is 0 Å². The number of hydrogen-bond donors (Lipinski definition) is 3. The Labute approximate surface area is 279 Å². The van der Waals surface area contributed by atoms with E-state index >= 15 is 0 Å². The highest BCUT2D eigenvalue weighted by molar-refractivity contribution is 6.32. The van der Waals surface area contributed by atoms with Gasteiger partial charge in [0.1, 0.15) is 24.0 Å². The first-order valence-corrected chi connectivity index (χ1v) is 16.8. The van der Waals surface area contributed by atoms with Crippen LogP contribution in [0, 0.1) is 41.4 Å². The van der Waals surface area contributed by atoms with Crippen LogP contribution < -0.4 is 0 Å². The smallest absolute Gasteiger partial charge is 0.397 e. The second-order valence-electron chi connectivity index (χ2n) is 14.0. The van der Waals surface area contributed by atoms with E-state index < -0.39 is 77.7 Å². The van der Waals surface area contributed by atoms with Gasteiger partial charge in [0.05, 0.1) is 24.9 Å². The Morgan fingerprint density at radius 3 is 2.54 bits per heavy atom. The van der Waals surface area contributed by atoms with E-state index in [1.165, 1.54) is 12.0 Å². The van der Waals surface area contributed by atoms with Crippen molar-refractivity contribution in [3.63, 3.8) is 0 Å². The number of morpholine rings is 1. The van der Waals surface area contributed by atoms with Gasteiger partial charge in [-0.3, -0.25) is 4.79 Å². The number of allylic oxidation sites excluding steroid dienone is 1. The van der Waals surface area contributed by atoms with Gasteiger partial charge in [0, 0.05) is 56.0 Å². The van der Waals surface area contributed by atoms with Crippen molar-refractivity contribution in [2.45, 2.75) is 70.2 Å². The third-order valence-electron chi connectivity index (χ3n) is 11.4. The number of nitrogens with zero attached hydrogens (tertiary/aromatic N) is 1. The molecule has 1 saturated heterocycles. The summed E-state index contributed by atoms with van der Waals surface area (Å²) in [7, 11) is 1.39. The van der Waals surface area contributed by atoms with Crippen molar-refractivity contribution in [3.8, 4) is 0 Å². The van der Waals surface area contributed by atoms with Crippen LogP contribution >= 0.6 is 0 Å². The number of carbonyl (C=O) groups is 4. The average molecular weight is 671 g/mol. The summed E-state index contributed by atoms with van der Waals surface area (Å²) in [5.74, 6) is -5.72.